The minimum Gasteiger partial charge on any atom is -0.497 e. The Bertz CT molecular complexity index is 892. The molecule has 27 heavy (non-hydrogen) atoms. The number of benzene rings is 2. The lowest BCUT2D eigenvalue weighted by Gasteiger charge is -2.16. The Balaban J connectivity index is 1.89. The summed E-state index contributed by atoms with van der Waals surface area (Å²) in [4.78, 5) is 26.7. The molecule has 0 N–H and O–H groups in total. The number of rotatable bonds is 6. The Labute approximate surface area is 161 Å². The Morgan fingerprint density at radius 1 is 1.00 bits per heavy atom. The van der Waals surface area contributed by atoms with Gasteiger partial charge in [-0.05, 0) is 54.6 Å². The normalized spacial score (nSPS) is 15.4. The lowest BCUT2D eigenvalue weighted by Crippen LogP contribution is -2.28. The van der Waals surface area contributed by atoms with Gasteiger partial charge in [0.2, 0.25) is 0 Å². The van der Waals surface area contributed by atoms with Gasteiger partial charge in [0.25, 0.3) is 11.1 Å². The van der Waals surface area contributed by atoms with Crippen molar-refractivity contribution >= 4 is 34.7 Å². The van der Waals surface area contributed by atoms with E-state index in [2.05, 4.69) is 0 Å². The quantitative estimate of drug-likeness (QED) is 0.689. The maximum Gasteiger partial charge on any atom is 0.298 e. The first kappa shape index (κ1) is 18.8. The van der Waals surface area contributed by atoms with Gasteiger partial charge in [0.05, 0.1) is 31.4 Å². The van der Waals surface area contributed by atoms with Crippen molar-refractivity contribution in [2.45, 2.75) is 6.92 Å². The van der Waals surface area contributed by atoms with Crippen molar-refractivity contribution in [1.29, 1.82) is 0 Å². The van der Waals surface area contributed by atoms with Gasteiger partial charge in [-0.15, -0.1) is 0 Å². The summed E-state index contributed by atoms with van der Waals surface area (Å²) in [6.07, 6.45) is 1.69. The number of imide groups is 1. The zero-order valence-corrected chi connectivity index (χ0v) is 16.0. The third-order valence-corrected chi connectivity index (χ3v) is 4.78. The molecular formula is C20H19NO5S. The average molecular weight is 385 g/mol. The second-order valence-corrected chi connectivity index (χ2v) is 6.55. The van der Waals surface area contributed by atoms with Crippen LogP contribution in [-0.2, 0) is 4.79 Å². The van der Waals surface area contributed by atoms with Gasteiger partial charge < -0.3 is 14.2 Å². The summed E-state index contributed by atoms with van der Waals surface area (Å²) in [5.74, 6) is 1.33. The van der Waals surface area contributed by atoms with Gasteiger partial charge in [0.15, 0.2) is 0 Å². The van der Waals surface area contributed by atoms with Crippen LogP contribution in [0, 0.1) is 0 Å². The fraction of sp³-hybridized carbons (Fsp3) is 0.200. The molecule has 0 aliphatic carbocycles. The monoisotopic (exact) mass is 385 g/mol. The number of thioether (sulfide) groups is 1. The summed E-state index contributed by atoms with van der Waals surface area (Å²) in [7, 11) is 3.02. The van der Waals surface area contributed by atoms with Crippen molar-refractivity contribution in [2.24, 2.45) is 0 Å². The smallest absolute Gasteiger partial charge is 0.298 e. The van der Waals surface area contributed by atoms with Crippen LogP contribution in [0.25, 0.3) is 6.08 Å². The number of amides is 2. The van der Waals surface area contributed by atoms with E-state index in [0.717, 1.165) is 28.0 Å². The van der Waals surface area contributed by atoms with E-state index in [4.69, 9.17) is 14.2 Å². The largest absolute Gasteiger partial charge is 0.497 e. The van der Waals surface area contributed by atoms with Crippen LogP contribution in [0.4, 0.5) is 10.5 Å². The molecule has 6 nitrogen and oxygen atoms in total. The highest BCUT2D eigenvalue weighted by molar-refractivity contribution is 8.19. The van der Waals surface area contributed by atoms with Crippen LogP contribution in [0.15, 0.2) is 47.4 Å². The van der Waals surface area contributed by atoms with Gasteiger partial charge in [0, 0.05) is 6.07 Å². The predicted octanol–water partition coefficient (Wildman–Crippen LogP) is 4.34. The summed E-state index contributed by atoms with van der Waals surface area (Å²) in [5.41, 5.74) is 1.20. The molecule has 0 radical (unpaired) electrons. The maximum absolute atomic E-state index is 12.8. The van der Waals surface area contributed by atoms with E-state index >= 15 is 0 Å². The highest BCUT2D eigenvalue weighted by Crippen LogP contribution is 2.41. The van der Waals surface area contributed by atoms with Crippen molar-refractivity contribution < 1.29 is 23.8 Å². The molecule has 1 aliphatic heterocycles. The number of nitrogens with zero attached hydrogens (tertiary/aromatic N) is 1. The average Bonchev–Trinajstić information content (AvgIpc) is 2.96. The van der Waals surface area contributed by atoms with Gasteiger partial charge in [-0.25, -0.2) is 4.90 Å². The molecule has 1 saturated heterocycles. The van der Waals surface area contributed by atoms with Gasteiger partial charge in [-0.2, -0.15) is 0 Å². The Hall–Kier alpha value is -2.93. The molecule has 0 saturated carbocycles. The second-order valence-electron chi connectivity index (χ2n) is 5.56. The van der Waals surface area contributed by atoms with E-state index in [0.29, 0.717) is 28.7 Å². The molecule has 2 amide bonds. The molecule has 0 unspecified atom stereocenters. The zero-order chi connectivity index (χ0) is 19.4. The SMILES string of the molecule is CCOc1ccc(/C=C2\SC(=O)N(c3ccc(OC)cc3OC)C2=O)cc1. The Kier molecular flexibility index (Phi) is 5.71. The van der Waals surface area contributed by atoms with E-state index in [1.165, 1.54) is 14.2 Å². The molecule has 7 heteroatoms. The zero-order valence-electron chi connectivity index (χ0n) is 15.2. The first-order chi connectivity index (χ1) is 13.1. The van der Waals surface area contributed by atoms with E-state index < -0.39 is 0 Å². The topological polar surface area (TPSA) is 65.1 Å². The summed E-state index contributed by atoms with van der Waals surface area (Å²) in [6, 6.07) is 12.3. The molecule has 2 aromatic carbocycles. The Morgan fingerprint density at radius 2 is 1.70 bits per heavy atom. The maximum atomic E-state index is 12.8. The van der Waals surface area contributed by atoms with Crippen LogP contribution in [0.5, 0.6) is 17.2 Å². The molecule has 0 aromatic heterocycles. The fourth-order valence-corrected chi connectivity index (χ4v) is 3.46. The minimum atomic E-state index is -0.387. The van der Waals surface area contributed by atoms with Crippen LogP contribution in [0.2, 0.25) is 0 Å². The van der Waals surface area contributed by atoms with Crippen LogP contribution in [-0.4, -0.2) is 32.0 Å². The number of hydrogen-bond acceptors (Lipinski definition) is 6. The van der Waals surface area contributed by atoms with Gasteiger partial charge in [-0.1, -0.05) is 12.1 Å². The minimum absolute atomic E-state index is 0.349. The molecule has 0 bridgehead atoms. The van der Waals surface area contributed by atoms with Crippen LogP contribution < -0.4 is 19.1 Å². The third-order valence-electron chi connectivity index (χ3n) is 3.91. The van der Waals surface area contributed by atoms with Crippen LogP contribution >= 0.6 is 11.8 Å². The van der Waals surface area contributed by atoms with Crippen molar-refractivity contribution in [1.82, 2.24) is 0 Å². The number of ether oxygens (including phenoxy) is 3. The van der Waals surface area contributed by atoms with Crippen molar-refractivity contribution in [3.63, 3.8) is 0 Å². The molecule has 0 spiro atoms. The van der Waals surface area contributed by atoms with E-state index in [9.17, 15) is 9.59 Å². The molecule has 140 valence electrons. The van der Waals surface area contributed by atoms with Gasteiger partial charge in [-0.3, -0.25) is 9.59 Å². The van der Waals surface area contributed by atoms with Crippen molar-refractivity contribution in [3.8, 4) is 17.2 Å². The molecule has 1 heterocycles. The van der Waals surface area contributed by atoms with Crippen molar-refractivity contribution in [3.05, 3.63) is 52.9 Å². The molecule has 2 aromatic rings. The standard InChI is InChI=1S/C20H19NO5S/c1-4-26-14-7-5-13(6-8-14)11-18-19(22)21(20(23)27-18)16-10-9-15(24-2)12-17(16)25-3/h5-12H,4H2,1-3H3/b18-11-. The van der Waals surface area contributed by atoms with Gasteiger partial charge >= 0.3 is 0 Å². The number of hydrogen-bond donors (Lipinski definition) is 0. The molecule has 1 aliphatic rings. The first-order valence-corrected chi connectivity index (χ1v) is 9.12. The van der Waals surface area contributed by atoms with Gasteiger partial charge in [0.1, 0.15) is 17.2 Å². The summed E-state index contributed by atoms with van der Waals surface area (Å²) < 4.78 is 15.9. The summed E-state index contributed by atoms with van der Waals surface area (Å²) in [6.45, 7) is 2.50. The van der Waals surface area contributed by atoms with Crippen molar-refractivity contribution in [2.75, 3.05) is 25.7 Å². The first-order valence-electron chi connectivity index (χ1n) is 8.30. The molecular weight excluding hydrogens is 366 g/mol. The molecule has 3 rings (SSSR count). The predicted molar refractivity (Wildman–Crippen MR) is 106 cm³/mol. The van der Waals surface area contributed by atoms with Crippen LogP contribution in [0.3, 0.4) is 0 Å². The summed E-state index contributed by atoms with van der Waals surface area (Å²) in [5, 5.41) is -0.374. The molecule has 1 fully saturated rings. The van der Waals surface area contributed by atoms with E-state index in [1.807, 2.05) is 31.2 Å². The number of methoxy groups -OCH3 is 2. The second kappa shape index (κ2) is 8.18. The highest BCUT2D eigenvalue weighted by Gasteiger charge is 2.37. The fourth-order valence-electron chi connectivity index (χ4n) is 2.62. The third kappa shape index (κ3) is 3.93. The van der Waals surface area contributed by atoms with E-state index in [1.54, 1.807) is 24.3 Å². The lowest BCUT2D eigenvalue weighted by molar-refractivity contribution is -0.113. The molecule has 0 atom stereocenters. The van der Waals surface area contributed by atoms with Crippen LogP contribution in [0.1, 0.15) is 12.5 Å². The number of carbonyl (C=O) groups excluding carboxylic acids is 2. The lowest BCUT2D eigenvalue weighted by atomic mass is 10.2. The highest BCUT2D eigenvalue weighted by atomic mass is 32.2. The number of anilines is 1. The van der Waals surface area contributed by atoms with E-state index in [-0.39, 0.29) is 11.1 Å². The number of carbonyl (C=O) groups is 2. The Morgan fingerprint density at radius 3 is 2.33 bits per heavy atom. The summed E-state index contributed by atoms with van der Waals surface area (Å²) >= 11 is 0.896.